The Morgan fingerprint density at radius 3 is 2.21 bits per heavy atom. The minimum absolute atomic E-state index is 0.249. The predicted octanol–water partition coefficient (Wildman–Crippen LogP) is 5.91. The molecule has 0 radical (unpaired) electrons. The zero-order valence-electron chi connectivity index (χ0n) is 21.3. The van der Waals surface area contributed by atoms with E-state index in [9.17, 15) is 9.59 Å². The lowest BCUT2D eigenvalue weighted by molar-refractivity contribution is 0.0600. The zero-order valence-corrected chi connectivity index (χ0v) is 21.3. The van der Waals surface area contributed by atoms with Crippen LogP contribution in [0.1, 0.15) is 26.5 Å². The van der Waals surface area contributed by atoms with Gasteiger partial charge in [-0.15, -0.1) is 0 Å². The lowest BCUT2D eigenvalue weighted by Crippen LogP contribution is -2.25. The van der Waals surface area contributed by atoms with Gasteiger partial charge in [0.15, 0.2) is 5.76 Å². The second-order valence-electron chi connectivity index (χ2n) is 8.69. The summed E-state index contributed by atoms with van der Waals surface area (Å²) in [6.07, 6.45) is 3.78. The normalized spacial score (nSPS) is 10.8. The summed E-state index contributed by atoms with van der Waals surface area (Å²) in [5.41, 5.74) is 4.25. The van der Waals surface area contributed by atoms with Crippen molar-refractivity contribution in [3.05, 3.63) is 108 Å². The molecule has 0 spiro atoms. The Kier molecular flexibility index (Phi) is 7.92. The number of hydrogen-bond donors (Lipinski definition) is 1. The van der Waals surface area contributed by atoms with Crippen LogP contribution in [0.2, 0.25) is 0 Å². The molecule has 39 heavy (non-hydrogen) atoms. The Hall–Kier alpha value is -4.98. The van der Waals surface area contributed by atoms with E-state index in [1.54, 1.807) is 30.5 Å². The molecule has 0 saturated carbocycles. The SMILES string of the molecule is COC(=O)c1ccc(-c2ccc(OCCOc3ccc4occ(CCNC(=O)c5ccco5)c4c3)cc2)cc1. The number of methoxy groups -OCH3 is 1. The average molecular weight is 526 g/mol. The van der Waals surface area contributed by atoms with E-state index in [-0.39, 0.29) is 17.6 Å². The molecule has 8 nitrogen and oxygen atoms in total. The van der Waals surface area contributed by atoms with Crippen molar-refractivity contribution in [2.75, 3.05) is 26.9 Å². The Morgan fingerprint density at radius 1 is 0.821 bits per heavy atom. The maximum Gasteiger partial charge on any atom is 0.337 e. The van der Waals surface area contributed by atoms with Crippen LogP contribution in [0.5, 0.6) is 11.5 Å². The summed E-state index contributed by atoms with van der Waals surface area (Å²) in [6.45, 7) is 1.20. The molecule has 5 aromatic rings. The monoisotopic (exact) mass is 525 g/mol. The van der Waals surface area contributed by atoms with Crippen molar-refractivity contribution < 1.29 is 32.6 Å². The molecule has 1 N–H and O–H groups in total. The van der Waals surface area contributed by atoms with Crippen LogP contribution in [0.4, 0.5) is 0 Å². The van der Waals surface area contributed by atoms with Crippen molar-refractivity contribution in [1.82, 2.24) is 5.32 Å². The molecule has 3 aromatic carbocycles. The predicted molar refractivity (Wildman–Crippen MR) is 145 cm³/mol. The largest absolute Gasteiger partial charge is 0.490 e. The summed E-state index contributed by atoms with van der Waals surface area (Å²) in [5.74, 6) is 1.12. The third kappa shape index (κ3) is 6.30. The molecule has 5 rings (SSSR count). The Morgan fingerprint density at radius 2 is 1.51 bits per heavy atom. The van der Waals surface area contributed by atoms with E-state index in [4.69, 9.17) is 23.0 Å². The third-order valence-corrected chi connectivity index (χ3v) is 6.16. The van der Waals surface area contributed by atoms with Crippen molar-refractivity contribution in [1.29, 1.82) is 0 Å². The number of carbonyl (C=O) groups is 2. The van der Waals surface area contributed by atoms with Crippen molar-refractivity contribution in [2.45, 2.75) is 6.42 Å². The van der Waals surface area contributed by atoms with Crippen LogP contribution in [-0.4, -0.2) is 38.7 Å². The van der Waals surface area contributed by atoms with E-state index in [0.717, 1.165) is 33.4 Å². The first kappa shape index (κ1) is 25.7. The molecule has 0 aliphatic carbocycles. The van der Waals surface area contributed by atoms with Gasteiger partial charge < -0.3 is 28.4 Å². The number of amides is 1. The van der Waals surface area contributed by atoms with E-state index in [1.165, 1.54) is 13.4 Å². The van der Waals surface area contributed by atoms with Crippen LogP contribution >= 0.6 is 0 Å². The van der Waals surface area contributed by atoms with Crippen LogP contribution in [0, 0.1) is 0 Å². The van der Waals surface area contributed by atoms with Gasteiger partial charge in [0.05, 0.1) is 25.2 Å². The summed E-state index contributed by atoms with van der Waals surface area (Å²) in [7, 11) is 1.37. The molecule has 0 unspecified atom stereocenters. The molecular formula is C31H27NO7. The van der Waals surface area contributed by atoms with Crippen molar-refractivity contribution in [2.24, 2.45) is 0 Å². The number of esters is 1. The number of fused-ring (bicyclic) bond motifs is 1. The van der Waals surface area contributed by atoms with E-state index >= 15 is 0 Å². The molecule has 198 valence electrons. The Balaban J connectivity index is 1.10. The molecular weight excluding hydrogens is 498 g/mol. The molecule has 0 atom stereocenters. The van der Waals surface area contributed by atoms with Gasteiger partial charge in [-0.05, 0) is 72.1 Å². The van der Waals surface area contributed by atoms with Gasteiger partial charge in [-0.3, -0.25) is 4.79 Å². The third-order valence-electron chi connectivity index (χ3n) is 6.16. The molecule has 0 aliphatic heterocycles. The first-order chi connectivity index (χ1) is 19.1. The first-order valence-corrected chi connectivity index (χ1v) is 12.5. The highest BCUT2D eigenvalue weighted by Gasteiger charge is 2.11. The van der Waals surface area contributed by atoms with Gasteiger partial charge in [-0.25, -0.2) is 4.79 Å². The minimum Gasteiger partial charge on any atom is -0.490 e. The van der Waals surface area contributed by atoms with Gasteiger partial charge in [0.2, 0.25) is 0 Å². The lowest BCUT2D eigenvalue weighted by atomic mass is 10.0. The molecule has 8 heteroatoms. The fourth-order valence-corrected chi connectivity index (χ4v) is 4.13. The minimum atomic E-state index is -0.357. The summed E-state index contributed by atoms with van der Waals surface area (Å²) in [6, 6.07) is 24.0. The van der Waals surface area contributed by atoms with Gasteiger partial charge in [-0.2, -0.15) is 0 Å². The molecule has 2 aromatic heterocycles. The maximum atomic E-state index is 12.0. The molecule has 1 amide bonds. The van der Waals surface area contributed by atoms with E-state index in [2.05, 4.69) is 5.32 Å². The molecule has 0 bridgehead atoms. The molecule has 0 saturated heterocycles. The standard InChI is InChI=1S/C31H27NO7/c1-35-31(34)23-6-4-21(5-7-23)22-8-10-25(11-9-22)36-17-18-37-26-12-13-28-27(19-26)24(20-39-28)14-15-32-30(33)29-3-2-16-38-29/h2-13,16,19-20H,14-15,17-18H2,1H3,(H,32,33). The Bertz CT molecular complexity index is 1530. The number of furan rings is 2. The van der Waals surface area contributed by atoms with Crippen LogP contribution in [0.3, 0.4) is 0 Å². The molecule has 0 aliphatic rings. The van der Waals surface area contributed by atoms with Crippen LogP contribution in [0.25, 0.3) is 22.1 Å². The van der Waals surface area contributed by atoms with E-state index in [1.807, 2.05) is 54.6 Å². The Labute approximate surface area is 225 Å². The number of rotatable bonds is 11. The highest BCUT2D eigenvalue weighted by Crippen LogP contribution is 2.27. The van der Waals surface area contributed by atoms with Gasteiger partial charge in [-0.1, -0.05) is 24.3 Å². The van der Waals surface area contributed by atoms with Crippen molar-refractivity contribution in [3.63, 3.8) is 0 Å². The van der Waals surface area contributed by atoms with E-state index in [0.29, 0.717) is 37.5 Å². The quantitative estimate of drug-likeness (QED) is 0.169. The zero-order chi connectivity index (χ0) is 27.0. The molecule has 0 fully saturated rings. The fraction of sp³-hybridized carbons (Fsp3) is 0.161. The average Bonchev–Trinajstić information content (AvgIpc) is 3.66. The van der Waals surface area contributed by atoms with Crippen LogP contribution in [0.15, 0.2) is 100 Å². The van der Waals surface area contributed by atoms with Crippen LogP contribution < -0.4 is 14.8 Å². The van der Waals surface area contributed by atoms with Gasteiger partial charge in [0, 0.05) is 17.5 Å². The maximum absolute atomic E-state index is 12.0. The van der Waals surface area contributed by atoms with E-state index < -0.39 is 0 Å². The summed E-state index contributed by atoms with van der Waals surface area (Å²) in [4.78, 5) is 23.7. The number of nitrogens with one attached hydrogen (secondary N) is 1. The van der Waals surface area contributed by atoms with Gasteiger partial charge in [0.25, 0.3) is 5.91 Å². The second-order valence-corrected chi connectivity index (χ2v) is 8.69. The van der Waals surface area contributed by atoms with Gasteiger partial charge in [0.1, 0.15) is 30.3 Å². The highest BCUT2D eigenvalue weighted by atomic mass is 16.5. The number of hydrogen-bond acceptors (Lipinski definition) is 7. The topological polar surface area (TPSA) is 100 Å². The van der Waals surface area contributed by atoms with Crippen molar-refractivity contribution in [3.8, 4) is 22.6 Å². The number of carbonyl (C=O) groups excluding carboxylic acids is 2. The summed E-state index contributed by atoms with van der Waals surface area (Å²) < 4.78 is 27.2. The fourth-order valence-electron chi connectivity index (χ4n) is 4.13. The highest BCUT2D eigenvalue weighted by molar-refractivity contribution is 5.91. The number of benzene rings is 3. The smallest absolute Gasteiger partial charge is 0.337 e. The summed E-state index contributed by atoms with van der Waals surface area (Å²) >= 11 is 0. The first-order valence-electron chi connectivity index (χ1n) is 12.5. The molecule has 2 heterocycles. The van der Waals surface area contributed by atoms with Crippen molar-refractivity contribution >= 4 is 22.8 Å². The summed E-state index contributed by atoms with van der Waals surface area (Å²) in [5, 5.41) is 3.78. The van der Waals surface area contributed by atoms with Crippen LogP contribution in [-0.2, 0) is 11.2 Å². The number of ether oxygens (including phenoxy) is 3. The second kappa shape index (κ2) is 12.0. The lowest BCUT2D eigenvalue weighted by Gasteiger charge is -2.10. The van der Waals surface area contributed by atoms with Gasteiger partial charge >= 0.3 is 5.97 Å².